The third-order valence-electron chi connectivity index (χ3n) is 6.81. The molecule has 0 fully saturated rings. The summed E-state index contributed by atoms with van der Waals surface area (Å²) in [4.78, 5) is 29.1. The third kappa shape index (κ3) is 5.17. The van der Waals surface area contributed by atoms with E-state index in [1.807, 2.05) is 48.7 Å². The normalized spacial score (nSPS) is 13.2. The maximum Gasteiger partial charge on any atom is 0.263 e. The first-order valence-electron chi connectivity index (χ1n) is 11.7. The van der Waals surface area contributed by atoms with Crippen LogP contribution in [0, 0.1) is 25.2 Å². The molecule has 1 amide bonds. The number of carbonyl (C=O) groups is 2. The van der Waals surface area contributed by atoms with Crippen molar-refractivity contribution in [1.29, 1.82) is 0 Å². The number of hydrogen-bond acceptors (Lipinski definition) is 3. The Balaban J connectivity index is 2.45. The van der Waals surface area contributed by atoms with Gasteiger partial charge in [-0.1, -0.05) is 59.7 Å². The highest BCUT2D eigenvalue weighted by molar-refractivity contribution is 7.14. The molecule has 0 saturated carbocycles. The SMILES string of the molecule is CCC(CC)(c1ccc(CC(C)C(=O)C(C)(C)C)c(C)c1)c1cc(C)c(C(=O)N(C)C)s1. The number of carbonyl (C=O) groups excluding carboxylic acids is 2. The van der Waals surface area contributed by atoms with Gasteiger partial charge in [0.15, 0.2) is 0 Å². The number of aryl methyl sites for hydroxylation is 2. The third-order valence-corrected chi connectivity index (χ3v) is 8.23. The van der Waals surface area contributed by atoms with Gasteiger partial charge in [0, 0.05) is 35.7 Å². The molecule has 1 aromatic carbocycles. The van der Waals surface area contributed by atoms with E-state index in [2.05, 4.69) is 45.0 Å². The standard InChI is InChI=1S/C28H41NO2S/c1-11-28(12-2,23-17-19(4)24(32-23)26(31)29(9)10)22-14-13-21(18(3)16-22)15-20(5)25(30)27(6,7)8/h13-14,16-17,20H,11-12,15H2,1-10H3. The van der Waals surface area contributed by atoms with Crippen molar-refractivity contribution < 1.29 is 9.59 Å². The molecular weight excluding hydrogens is 414 g/mol. The molecule has 0 aliphatic heterocycles. The Morgan fingerprint density at radius 2 is 1.59 bits per heavy atom. The molecule has 0 aliphatic rings. The predicted molar refractivity (Wildman–Crippen MR) is 137 cm³/mol. The largest absolute Gasteiger partial charge is 0.344 e. The summed E-state index contributed by atoms with van der Waals surface area (Å²) in [6.45, 7) is 16.7. The molecule has 1 unspecified atom stereocenters. The van der Waals surface area contributed by atoms with Crippen LogP contribution in [-0.4, -0.2) is 30.7 Å². The topological polar surface area (TPSA) is 37.4 Å². The Morgan fingerprint density at radius 3 is 2.06 bits per heavy atom. The lowest BCUT2D eigenvalue weighted by Crippen LogP contribution is -2.28. The van der Waals surface area contributed by atoms with E-state index in [4.69, 9.17) is 0 Å². The minimum Gasteiger partial charge on any atom is -0.344 e. The fraction of sp³-hybridized carbons (Fsp3) is 0.571. The number of thiophene rings is 1. The highest BCUT2D eigenvalue weighted by Gasteiger charge is 2.34. The van der Waals surface area contributed by atoms with E-state index in [1.54, 1.807) is 16.2 Å². The van der Waals surface area contributed by atoms with Crippen LogP contribution in [0.5, 0.6) is 0 Å². The number of rotatable bonds is 8. The summed E-state index contributed by atoms with van der Waals surface area (Å²) in [5.74, 6) is 0.384. The van der Waals surface area contributed by atoms with Gasteiger partial charge in [-0.15, -0.1) is 11.3 Å². The van der Waals surface area contributed by atoms with Crippen LogP contribution in [-0.2, 0) is 16.6 Å². The van der Waals surface area contributed by atoms with Crippen LogP contribution in [0.15, 0.2) is 24.3 Å². The smallest absolute Gasteiger partial charge is 0.263 e. The Morgan fingerprint density at radius 1 is 1.00 bits per heavy atom. The highest BCUT2D eigenvalue weighted by atomic mass is 32.1. The summed E-state index contributed by atoms with van der Waals surface area (Å²) in [5.41, 5.74) is 4.40. The van der Waals surface area contributed by atoms with E-state index in [1.165, 1.54) is 21.6 Å². The number of amides is 1. The molecule has 0 N–H and O–H groups in total. The fourth-order valence-corrected chi connectivity index (χ4v) is 6.21. The van der Waals surface area contributed by atoms with Gasteiger partial charge in [0.2, 0.25) is 0 Å². The lowest BCUT2D eigenvalue weighted by atomic mass is 9.73. The Kier molecular flexibility index (Phi) is 8.15. The van der Waals surface area contributed by atoms with Crippen LogP contribution >= 0.6 is 11.3 Å². The van der Waals surface area contributed by atoms with Crippen molar-refractivity contribution in [3.05, 3.63) is 56.3 Å². The zero-order chi connectivity index (χ0) is 24.4. The molecule has 0 spiro atoms. The number of ketones is 1. The van der Waals surface area contributed by atoms with Gasteiger partial charge in [-0.25, -0.2) is 0 Å². The van der Waals surface area contributed by atoms with Gasteiger partial charge in [-0.05, 0) is 61.4 Å². The quantitative estimate of drug-likeness (QED) is 0.431. The van der Waals surface area contributed by atoms with Crippen molar-refractivity contribution in [3.63, 3.8) is 0 Å². The van der Waals surface area contributed by atoms with Crippen molar-refractivity contribution in [1.82, 2.24) is 4.90 Å². The van der Waals surface area contributed by atoms with E-state index in [0.717, 1.165) is 29.7 Å². The van der Waals surface area contributed by atoms with Crippen LogP contribution in [0.25, 0.3) is 0 Å². The average molecular weight is 456 g/mol. The molecule has 3 nitrogen and oxygen atoms in total. The molecule has 2 aromatic rings. The molecule has 1 aromatic heterocycles. The maximum atomic E-state index is 12.7. The average Bonchev–Trinajstić information content (AvgIpc) is 3.11. The molecule has 0 saturated heterocycles. The van der Waals surface area contributed by atoms with Gasteiger partial charge in [0.05, 0.1) is 4.88 Å². The lowest BCUT2D eigenvalue weighted by molar-refractivity contribution is -0.129. The molecule has 1 atom stereocenters. The van der Waals surface area contributed by atoms with Crippen LogP contribution < -0.4 is 0 Å². The van der Waals surface area contributed by atoms with Gasteiger partial charge < -0.3 is 4.90 Å². The lowest BCUT2D eigenvalue weighted by Gasteiger charge is -2.32. The van der Waals surface area contributed by atoms with Gasteiger partial charge >= 0.3 is 0 Å². The second-order valence-electron chi connectivity index (χ2n) is 10.5. The first-order chi connectivity index (χ1) is 14.8. The minimum atomic E-state index is -0.314. The second-order valence-corrected chi connectivity index (χ2v) is 11.5. The van der Waals surface area contributed by atoms with Gasteiger partial charge in [0.1, 0.15) is 5.78 Å². The molecule has 0 bridgehead atoms. The number of hydrogen-bond donors (Lipinski definition) is 0. The van der Waals surface area contributed by atoms with Crippen molar-refractivity contribution in [2.24, 2.45) is 11.3 Å². The van der Waals surface area contributed by atoms with Crippen molar-refractivity contribution in [2.75, 3.05) is 14.1 Å². The maximum absolute atomic E-state index is 12.7. The highest BCUT2D eigenvalue weighted by Crippen LogP contribution is 2.44. The van der Waals surface area contributed by atoms with Gasteiger partial charge in [-0.3, -0.25) is 9.59 Å². The first-order valence-corrected chi connectivity index (χ1v) is 12.6. The Labute approximate surface area is 199 Å². The van der Waals surface area contributed by atoms with Gasteiger partial charge in [0.25, 0.3) is 5.91 Å². The number of Topliss-reactive ketones (excluding diaryl/α,β-unsaturated/α-hetero) is 1. The monoisotopic (exact) mass is 455 g/mol. The molecule has 2 rings (SSSR count). The van der Waals surface area contributed by atoms with Crippen LogP contribution in [0.1, 0.15) is 91.2 Å². The Hall–Kier alpha value is -1.94. The first kappa shape index (κ1) is 26.3. The summed E-state index contributed by atoms with van der Waals surface area (Å²) in [5, 5.41) is 0. The zero-order valence-electron chi connectivity index (χ0n) is 21.7. The predicted octanol–water partition coefficient (Wildman–Crippen LogP) is 6.97. The summed E-state index contributed by atoms with van der Waals surface area (Å²) in [7, 11) is 3.61. The fourth-order valence-electron chi connectivity index (χ4n) is 4.67. The van der Waals surface area contributed by atoms with E-state index in [0.29, 0.717) is 5.78 Å². The number of nitrogens with zero attached hydrogens (tertiary/aromatic N) is 1. The minimum absolute atomic E-state index is 0.00112. The molecular formula is C28H41NO2S. The van der Waals surface area contributed by atoms with Gasteiger partial charge in [-0.2, -0.15) is 0 Å². The van der Waals surface area contributed by atoms with Crippen molar-refractivity contribution in [3.8, 4) is 0 Å². The molecule has 4 heteroatoms. The van der Waals surface area contributed by atoms with Crippen LogP contribution in [0.4, 0.5) is 0 Å². The van der Waals surface area contributed by atoms with E-state index in [-0.39, 0.29) is 22.7 Å². The van der Waals surface area contributed by atoms with E-state index < -0.39 is 0 Å². The van der Waals surface area contributed by atoms with Crippen LogP contribution in [0.3, 0.4) is 0 Å². The summed E-state index contributed by atoms with van der Waals surface area (Å²) in [6.07, 6.45) is 2.71. The van der Waals surface area contributed by atoms with Crippen molar-refractivity contribution >= 4 is 23.0 Å². The van der Waals surface area contributed by atoms with E-state index in [9.17, 15) is 9.59 Å². The summed E-state index contributed by atoms with van der Waals surface area (Å²) < 4.78 is 0. The van der Waals surface area contributed by atoms with Crippen molar-refractivity contribution in [2.45, 2.75) is 80.1 Å². The summed E-state index contributed by atoms with van der Waals surface area (Å²) >= 11 is 1.64. The molecule has 1 heterocycles. The second kappa shape index (κ2) is 9.91. The molecule has 176 valence electrons. The molecule has 0 radical (unpaired) electrons. The van der Waals surface area contributed by atoms with E-state index >= 15 is 0 Å². The Bertz CT molecular complexity index is 974. The molecule has 0 aliphatic carbocycles. The summed E-state index contributed by atoms with van der Waals surface area (Å²) in [6, 6.07) is 8.97. The molecule has 32 heavy (non-hydrogen) atoms. The van der Waals surface area contributed by atoms with Crippen LogP contribution in [0.2, 0.25) is 0 Å². The zero-order valence-corrected chi connectivity index (χ0v) is 22.5. The number of benzene rings is 1.